The lowest BCUT2D eigenvalue weighted by atomic mass is 9.98. The maximum atomic E-state index is 13.4. The van der Waals surface area contributed by atoms with Crippen molar-refractivity contribution in [2.75, 3.05) is 18.8 Å². The van der Waals surface area contributed by atoms with Crippen molar-refractivity contribution in [2.45, 2.75) is 48.7 Å². The van der Waals surface area contributed by atoms with Crippen LogP contribution in [0.1, 0.15) is 32.6 Å². The second kappa shape index (κ2) is 10.9. The van der Waals surface area contributed by atoms with Crippen molar-refractivity contribution < 1.29 is 13.2 Å². The lowest BCUT2D eigenvalue weighted by Gasteiger charge is -2.33. The second-order valence-electron chi connectivity index (χ2n) is 9.00. The number of nitrogens with one attached hydrogen (secondary N) is 1. The van der Waals surface area contributed by atoms with E-state index in [4.69, 9.17) is 0 Å². The number of aryl methyl sites for hydroxylation is 1. The van der Waals surface area contributed by atoms with Crippen LogP contribution in [0, 0.1) is 5.92 Å². The highest BCUT2D eigenvalue weighted by Crippen LogP contribution is 2.22. The molecule has 1 aromatic heterocycles. The highest BCUT2D eigenvalue weighted by molar-refractivity contribution is 7.99. The molecule has 1 amide bonds. The van der Waals surface area contributed by atoms with Gasteiger partial charge in [-0.15, -0.1) is 0 Å². The predicted molar refractivity (Wildman–Crippen MR) is 136 cm³/mol. The monoisotopic (exact) mass is 500 g/mol. The van der Waals surface area contributed by atoms with Gasteiger partial charge in [-0.1, -0.05) is 49.0 Å². The first kappa shape index (κ1) is 24.8. The van der Waals surface area contributed by atoms with Crippen molar-refractivity contribution in [1.82, 2.24) is 19.2 Å². The molecular weight excluding hydrogens is 468 g/mol. The van der Waals surface area contributed by atoms with Gasteiger partial charge in [-0.2, -0.15) is 4.72 Å². The summed E-state index contributed by atoms with van der Waals surface area (Å²) < 4.78 is 31.3. The molecule has 0 spiro atoms. The maximum absolute atomic E-state index is 13.4. The number of carbonyl (C=O) groups is 1. The Labute approximate surface area is 206 Å². The molecule has 1 atom stereocenters. The van der Waals surface area contributed by atoms with Gasteiger partial charge in [0.15, 0.2) is 5.16 Å². The summed E-state index contributed by atoms with van der Waals surface area (Å²) >= 11 is 1.61. The van der Waals surface area contributed by atoms with E-state index in [0.29, 0.717) is 31.8 Å². The zero-order valence-electron chi connectivity index (χ0n) is 19.7. The molecule has 1 aliphatic heterocycles. The second-order valence-corrected chi connectivity index (χ2v) is 11.8. The number of hydrogen-bond donors (Lipinski definition) is 1. The van der Waals surface area contributed by atoms with Crippen LogP contribution in [0.3, 0.4) is 0 Å². The Morgan fingerprint density at radius 1 is 1.18 bits per heavy atom. The number of amides is 1. The molecule has 34 heavy (non-hydrogen) atoms. The van der Waals surface area contributed by atoms with Crippen LogP contribution in [-0.2, 0) is 21.9 Å². The van der Waals surface area contributed by atoms with E-state index < -0.39 is 16.1 Å². The lowest BCUT2D eigenvalue weighted by Crippen LogP contribution is -2.50. The van der Waals surface area contributed by atoms with Crippen molar-refractivity contribution in [3.63, 3.8) is 0 Å². The van der Waals surface area contributed by atoms with E-state index >= 15 is 0 Å². The van der Waals surface area contributed by atoms with E-state index in [-0.39, 0.29) is 10.8 Å². The first-order valence-corrected chi connectivity index (χ1v) is 14.2. The van der Waals surface area contributed by atoms with Crippen LogP contribution in [-0.4, -0.2) is 53.7 Å². The van der Waals surface area contributed by atoms with Gasteiger partial charge in [0.05, 0.1) is 4.90 Å². The minimum Gasteiger partial charge on any atom is -0.341 e. The van der Waals surface area contributed by atoms with E-state index in [9.17, 15) is 13.2 Å². The lowest BCUT2D eigenvalue weighted by molar-refractivity contribution is -0.134. The highest BCUT2D eigenvalue weighted by atomic mass is 32.2. The van der Waals surface area contributed by atoms with Crippen LogP contribution in [0.25, 0.3) is 10.8 Å². The van der Waals surface area contributed by atoms with E-state index in [0.717, 1.165) is 34.5 Å². The van der Waals surface area contributed by atoms with E-state index in [1.165, 1.54) is 0 Å². The van der Waals surface area contributed by atoms with Crippen molar-refractivity contribution in [3.05, 3.63) is 54.9 Å². The molecule has 2 aromatic carbocycles. The van der Waals surface area contributed by atoms with E-state index in [1.807, 2.05) is 47.0 Å². The summed E-state index contributed by atoms with van der Waals surface area (Å²) in [6, 6.07) is 11.9. The molecule has 0 saturated carbocycles. The summed E-state index contributed by atoms with van der Waals surface area (Å²) in [6.45, 7) is 3.54. The van der Waals surface area contributed by atoms with Crippen molar-refractivity contribution in [2.24, 2.45) is 13.0 Å². The Morgan fingerprint density at radius 3 is 2.62 bits per heavy atom. The third-order valence-corrected chi connectivity index (χ3v) is 8.98. The number of rotatable bonds is 9. The SMILES string of the molecule is CC1CCN(C(=O)C(CCCSc2nccn2C)NS(=O)(=O)c2ccc3ccccc3c2)CC1. The average molecular weight is 501 g/mol. The van der Waals surface area contributed by atoms with Gasteiger partial charge in [0.2, 0.25) is 15.9 Å². The zero-order chi connectivity index (χ0) is 24.1. The largest absolute Gasteiger partial charge is 0.341 e. The van der Waals surface area contributed by atoms with Gasteiger partial charge in [-0.3, -0.25) is 4.79 Å². The normalized spacial score (nSPS) is 16.1. The number of likely N-dealkylation sites (tertiary alicyclic amines) is 1. The molecule has 0 bridgehead atoms. The highest BCUT2D eigenvalue weighted by Gasteiger charge is 2.30. The first-order chi connectivity index (χ1) is 16.3. The zero-order valence-corrected chi connectivity index (χ0v) is 21.3. The van der Waals surface area contributed by atoms with Gasteiger partial charge >= 0.3 is 0 Å². The fourth-order valence-electron chi connectivity index (χ4n) is 4.21. The molecule has 2 heterocycles. The van der Waals surface area contributed by atoms with Crippen LogP contribution in [0.2, 0.25) is 0 Å². The number of sulfonamides is 1. The topological polar surface area (TPSA) is 84.3 Å². The molecule has 0 aliphatic carbocycles. The third kappa shape index (κ3) is 6.00. The van der Waals surface area contributed by atoms with Crippen LogP contribution in [0.4, 0.5) is 0 Å². The number of fused-ring (bicyclic) bond motifs is 1. The predicted octanol–water partition coefficient (Wildman–Crippen LogP) is 4.05. The molecule has 1 aliphatic rings. The van der Waals surface area contributed by atoms with Crippen molar-refractivity contribution >= 4 is 38.5 Å². The summed E-state index contributed by atoms with van der Waals surface area (Å²) in [5.41, 5.74) is 0. The standard InChI is InChI=1S/C25H32N4O3S2/c1-19-11-14-29(15-12-19)24(30)23(8-5-17-33-25-26-13-16-28(25)2)27-34(31,32)22-10-9-20-6-3-4-7-21(20)18-22/h3-4,6-7,9-10,13,16,18-19,23,27H,5,8,11-12,14-15,17H2,1-2H3. The quantitative estimate of drug-likeness (QED) is 0.354. The maximum Gasteiger partial charge on any atom is 0.241 e. The molecule has 182 valence electrons. The number of hydrogen-bond acceptors (Lipinski definition) is 5. The smallest absolute Gasteiger partial charge is 0.241 e. The molecule has 1 fully saturated rings. The number of benzene rings is 2. The molecule has 9 heteroatoms. The van der Waals surface area contributed by atoms with Gasteiger partial charge in [0.25, 0.3) is 0 Å². The van der Waals surface area contributed by atoms with E-state index in [1.54, 1.807) is 36.2 Å². The molecule has 7 nitrogen and oxygen atoms in total. The number of carbonyl (C=O) groups excluding carboxylic acids is 1. The summed E-state index contributed by atoms with van der Waals surface area (Å²) in [7, 11) is -1.91. The summed E-state index contributed by atoms with van der Waals surface area (Å²) in [5, 5.41) is 2.73. The Hall–Kier alpha value is -2.36. The number of nitrogens with zero attached hydrogens (tertiary/aromatic N) is 3. The number of aromatic nitrogens is 2. The minimum atomic E-state index is -3.85. The van der Waals surface area contributed by atoms with Crippen LogP contribution >= 0.6 is 11.8 Å². The first-order valence-electron chi connectivity index (χ1n) is 11.7. The van der Waals surface area contributed by atoms with Crippen molar-refractivity contribution in [1.29, 1.82) is 0 Å². The van der Waals surface area contributed by atoms with Gasteiger partial charge < -0.3 is 9.47 Å². The molecule has 1 N–H and O–H groups in total. The average Bonchev–Trinajstić information content (AvgIpc) is 3.25. The number of thioether (sulfide) groups is 1. The van der Waals surface area contributed by atoms with Crippen LogP contribution < -0.4 is 4.72 Å². The van der Waals surface area contributed by atoms with Crippen LogP contribution in [0.5, 0.6) is 0 Å². The summed E-state index contributed by atoms with van der Waals surface area (Å²) in [4.78, 5) is 19.7. The summed E-state index contributed by atoms with van der Waals surface area (Å²) in [5.74, 6) is 1.22. The Bertz CT molecular complexity index is 1230. The molecule has 0 radical (unpaired) electrons. The fraction of sp³-hybridized carbons (Fsp3) is 0.440. The van der Waals surface area contributed by atoms with Gasteiger partial charge in [-0.05, 0) is 54.5 Å². The molecule has 4 rings (SSSR count). The van der Waals surface area contributed by atoms with E-state index in [2.05, 4.69) is 16.6 Å². The van der Waals surface area contributed by atoms with Crippen LogP contribution in [0.15, 0.2) is 64.9 Å². The molecule has 1 unspecified atom stereocenters. The van der Waals surface area contributed by atoms with Crippen molar-refractivity contribution in [3.8, 4) is 0 Å². The number of imidazole rings is 1. The fourth-order valence-corrected chi connectivity index (χ4v) is 6.37. The van der Waals surface area contributed by atoms with Gasteiger partial charge in [-0.25, -0.2) is 13.4 Å². The molecular formula is C25H32N4O3S2. The Kier molecular flexibility index (Phi) is 7.95. The van der Waals surface area contributed by atoms with Gasteiger partial charge in [0, 0.05) is 38.3 Å². The Balaban J connectivity index is 1.48. The molecule has 3 aromatic rings. The summed E-state index contributed by atoms with van der Waals surface area (Å²) in [6.07, 6.45) is 6.68. The number of piperidine rings is 1. The molecule has 1 saturated heterocycles. The third-order valence-electron chi connectivity index (χ3n) is 6.37. The Morgan fingerprint density at radius 2 is 1.91 bits per heavy atom. The minimum absolute atomic E-state index is 0.127. The van der Waals surface area contributed by atoms with Gasteiger partial charge in [0.1, 0.15) is 6.04 Å².